The normalized spacial score (nSPS) is 12.5. The third kappa shape index (κ3) is 2.09. The zero-order valence-corrected chi connectivity index (χ0v) is 7.20. The average Bonchev–Trinajstić information content (AvgIpc) is 2.16. The van der Waals surface area contributed by atoms with Crippen molar-refractivity contribution in [1.82, 2.24) is 0 Å². The first kappa shape index (κ1) is 9.80. The van der Waals surface area contributed by atoms with E-state index >= 15 is 0 Å². The fourth-order valence-electron chi connectivity index (χ4n) is 1.00. The molecular weight excluding hydrogens is 175 g/mol. The highest BCUT2D eigenvalue weighted by molar-refractivity contribution is 5.42. The minimum absolute atomic E-state index is 0.104. The van der Waals surface area contributed by atoms with Crippen LogP contribution in [0.2, 0.25) is 0 Å². The summed E-state index contributed by atoms with van der Waals surface area (Å²) in [6, 6.07) is 4.26. The molecule has 0 aliphatic heterocycles. The van der Waals surface area contributed by atoms with Gasteiger partial charge in [0.2, 0.25) is 0 Å². The van der Waals surface area contributed by atoms with Gasteiger partial charge in [0.1, 0.15) is 12.8 Å². The fourth-order valence-corrected chi connectivity index (χ4v) is 1.00. The van der Waals surface area contributed by atoms with Crippen molar-refractivity contribution in [2.24, 2.45) is 0 Å². The molecule has 1 aromatic rings. The minimum Gasteiger partial charge on any atom is -0.504 e. The average molecular weight is 186 g/mol. The largest absolute Gasteiger partial charge is 0.504 e. The van der Waals surface area contributed by atoms with E-state index in [-0.39, 0.29) is 5.75 Å². The van der Waals surface area contributed by atoms with Crippen molar-refractivity contribution in [1.29, 1.82) is 0 Å². The number of rotatable bonds is 3. The first-order chi connectivity index (χ1) is 6.19. The summed E-state index contributed by atoms with van der Waals surface area (Å²) in [6.07, 6.45) is -1.18. The van der Waals surface area contributed by atoms with Crippen LogP contribution in [0.25, 0.3) is 0 Å². The summed E-state index contributed by atoms with van der Waals surface area (Å²) in [5.41, 5.74) is 0.334. The molecule has 0 saturated heterocycles. The summed E-state index contributed by atoms with van der Waals surface area (Å²) in [6.45, 7) is -0.869. The predicted octanol–water partition coefficient (Wildman–Crippen LogP) is 1.40. The van der Waals surface area contributed by atoms with E-state index in [0.717, 1.165) is 0 Å². The van der Waals surface area contributed by atoms with E-state index in [1.54, 1.807) is 0 Å². The Bertz CT molecular complexity index is 288. The quantitative estimate of drug-likeness (QED) is 0.750. The molecule has 13 heavy (non-hydrogen) atoms. The topological polar surface area (TPSA) is 49.7 Å². The molecule has 1 rings (SSSR count). The molecule has 0 heterocycles. The Morgan fingerprint density at radius 3 is 2.69 bits per heavy atom. The van der Waals surface area contributed by atoms with Crippen LogP contribution in [0.4, 0.5) is 4.39 Å². The van der Waals surface area contributed by atoms with E-state index in [1.165, 1.54) is 25.3 Å². The first-order valence-corrected chi connectivity index (χ1v) is 3.80. The van der Waals surface area contributed by atoms with Crippen molar-refractivity contribution in [2.45, 2.75) is 6.10 Å². The lowest BCUT2D eigenvalue weighted by Gasteiger charge is -2.08. The second-order valence-corrected chi connectivity index (χ2v) is 2.60. The summed E-state index contributed by atoms with van der Waals surface area (Å²) in [7, 11) is 1.42. The van der Waals surface area contributed by atoms with Crippen LogP contribution >= 0.6 is 0 Å². The van der Waals surface area contributed by atoms with Gasteiger partial charge >= 0.3 is 0 Å². The molecule has 72 valence electrons. The van der Waals surface area contributed by atoms with Gasteiger partial charge in [0.25, 0.3) is 0 Å². The number of benzene rings is 1. The lowest BCUT2D eigenvalue weighted by Crippen LogP contribution is -1.98. The molecule has 0 aliphatic rings. The number of aliphatic hydroxyl groups is 1. The Kier molecular flexibility index (Phi) is 3.08. The summed E-state index contributed by atoms with van der Waals surface area (Å²) in [5.74, 6) is 0.197. The van der Waals surface area contributed by atoms with Crippen LogP contribution in [-0.4, -0.2) is 24.0 Å². The van der Waals surface area contributed by atoms with Gasteiger partial charge in [0.15, 0.2) is 11.5 Å². The predicted molar refractivity (Wildman–Crippen MR) is 45.6 cm³/mol. The van der Waals surface area contributed by atoms with E-state index in [9.17, 15) is 9.50 Å². The molecular formula is C9H11FO3. The molecule has 1 atom stereocenters. The molecule has 1 aromatic carbocycles. The third-order valence-electron chi connectivity index (χ3n) is 1.73. The molecule has 2 N–H and O–H groups in total. The molecule has 1 unspecified atom stereocenters. The number of phenolic OH excluding ortho intramolecular Hbond substituents is 1. The van der Waals surface area contributed by atoms with Gasteiger partial charge in [-0.2, -0.15) is 0 Å². The van der Waals surface area contributed by atoms with Crippen LogP contribution in [0, 0.1) is 0 Å². The highest BCUT2D eigenvalue weighted by Gasteiger charge is 2.09. The number of aromatic hydroxyl groups is 1. The van der Waals surface area contributed by atoms with Gasteiger partial charge in [0.05, 0.1) is 7.11 Å². The lowest BCUT2D eigenvalue weighted by atomic mass is 10.1. The van der Waals surface area contributed by atoms with Crippen molar-refractivity contribution in [3.63, 3.8) is 0 Å². The maximum Gasteiger partial charge on any atom is 0.160 e. The Morgan fingerprint density at radius 2 is 2.23 bits per heavy atom. The summed E-state index contributed by atoms with van der Waals surface area (Å²) in [5, 5.41) is 18.4. The Labute approximate surface area is 75.4 Å². The molecule has 4 heteroatoms. The third-order valence-corrected chi connectivity index (χ3v) is 1.73. The molecule has 0 aromatic heterocycles. The Balaban J connectivity index is 2.95. The monoisotopic (exact) mass is 186 g/mol. The maximum atomic E-state index is 12.0. The van der Waals surface area contributed by atoms with Gasteiger partial charge in [-0.25, -0.2) is 4.39 Å². The van der Waals surface area contributed by atoms with Gasteiger partial charge in [-0.3, -0.25) is 0 Å². The first-order valence-electron chi connectivity index (χ1n) is 3.80. The highest BCUT2D eigenvalue weighted by Crippen LogP contribution is 2.28. The van der Waals surface area contributed by atoms with Gasteiger partial charge in [0, 0.05) is 0 Å². The molecule has 0 fully saturated rings. The molecule has 3 nitrogen and oxygen atoms in total. The molecule has 0 bridgehead atoms. The Hall–Kier alpha value is -1.29. The lowest BCUT2D eigenvalue weighted by molar-refractivity contribution is 0.141. The number of hydrogen-bond acceptors (Lipinski definition) is 3. The SMILES string of the molecule is COc1ccc(C(O)CF)cc1O. The smallest absolute Gasteiger partial charge is 0.160 e. The zero-order valence-electron chi connectivity index (χ0n) is 7.20. The second-order valence-electron chi connectivity index (χ2n) is 2.60. The van der Waals surface area contributed by atoms with E-state index in [2.05, 4.69) is 0 Å². The molecule has 0 amide bonds. The van der Waals surface area contributed by atoms with Crippen molar-refractivity contribution in [3.8, 4) is 11.5 Å². The molecule has 0 saturated carbocycles. The number of phenols is 1. The highest BCUT2D eigenvalue weighted by atomic mass is 19.1. The number of hydrogen-bond donors (Lipinski definition) is 2. The van der Waals surface area contributed by atoms with Crippen molar-refractivity contribution < 1.29 is 19.3 Å². The summed E-state index contributed by atoms with van der Waals surface area (Å²) >= 11 is 0. The van der Waals surface area contributed by atoms with Crippen molar-refractivity contribution in [3.05, 3.63) is 23.8 Å². The summed E-state index contributed by atoms with van der Waals surface area (Å²) < 4.78 is 16.8. The van der Waals surface area contributed by atoms with Crippen LogP contribution in [0.15, 0.2) is 18.2 Å². The van der Waals surface area contributed by atoms with Crippen molar-refractivity contribution in [2.75, 3.05) is 13.8 Å². The van der Waals surface area contributed by atoms with E-state index in [1.807, 2.05) is 0 Å². The standard InChI is InChI=1S/C9H11FO3/c1-13-9-3-2-6(4-7(9)11)8(12)5-10/h2-4,8,11-12H,5H2,1H3. The summed E-state index contributed by atoms with van der Waals surface area (Å²) in [4.78, 5) is 0. The number of aliphatic hydroxyl groups excluding tert-OH is 1. The molecule has 0 spiro atoms. The molecule has 0 radical (unpaired) electrons. The van der Waals surface area contributed by atoms with E-state index in [4.69, 9.17) is 9.84 Å². The van der Waals surface area contributed by atoms with Crippen molar-refractivity contribution >= 4 is 0 Å². The molecule has 0 aliphatic carbocycles. The van der Waals surface area contributed by atoms with Crippen LogP contribution in [0.1, 0.15) is 11.7 Å². The number of ether oxygens (including phenoxy) is 1. The van der Waals surface area contributed by atoms with Gasteiger partial charge in [-0.15, -0.1) is 0 Å². The van der Waals surface area contributed by atoms with E-state index in [0.29, 0.717) is 11.3 Å². The maximum absolute atomic E-state index is 12.0. The zero-order chi connectivity index (χ0) is 9.84. The van der Waals surface area contributed by atoms with Gasteiger partial charge in [-0.05, 0) is 17.7 Å². The fraction of sp³-hybridized carbons (Fsp3) is 0.333. The second kappa shape index (κ2) is 4.09. The van der Waals surface area contributed by atoms with Crippen LogP contribution in [0.5, 0.6) is 11.5 Å². The van der Waals surface area contributed by atoms with E-state index < -0.39 is 12.8 Å². The minimum atomic E-state index is -1.18. The van der Waals surface area contributed by atoms with Crippen LogP contribution in [0.3, 0.4) is 0 Å². The van der Waals surface area contributed by atoms with Gasteiger partial charge in [-0.1, -0.05) is 6.07 Å². The number of halogens is 1. The number of alkyl halides is 1. The number of methoxy groups -OCH3 is 1. The Morgan fingerprint density at radius 1 is 1.54 bits per heavy atom. The van der Waals surface area contributed by atoms with Gasteiger partial charge < -0.3 is 14.9 Å². The van der Waals surface area contributed by atoms with Crippen LogP contribution in [-0.2, 0) is 0 Å². The van der Waals surface area contributed by atoms with Crippen LogP contribution < -0.4 is 4.74 Å².